The van der Waals surface area contributed by atoms with Crippen LogP contribution in [0.3, 0.4) is 0 Å². The van der Waals surface area contributed by atoms with Gasteiger partial charge < -0.3 is 15.1 Å². The van der Waals surface area contributed by atoms with Crippen LogP contribution in [0, 0.1) is 13.8 Å². The van der Waals surface area contributed by atoms with Gasteiger partial charge in [-0.2, -0.15) is 0 Å². The van der Waals surface area contributed by atoms with E-state index in [1.54, 1.807) is 13.3 Å². The number of nitrogens with one attached hydrogen (secondary N) is 1. The summed E-state index contributed by atoms with van der Waals surface area (Å²) in [5.41, 5.74) is 5.52. The fourth-order valence-electron chi connectivity index (χ4n) is 3.27. The zero-order chi connectivity index (χ0) is 20.3. The Balaban J connectivity index is 1.89. The maximum atomic E-state index is 12.4. The van der Waals surface area contributed by atoms with E-state index in [1.165, 1.54) is 11.1 Å². The summed E-state index contributed by atoms with van der Waals surface area (Å²) < 4.78 is 0. The van der Waals surface area contributed by atoms with Gasteiger partial charge >= 0.3 is 0 Å². The highest BCUT2D eigenvalue weighted by Crippen LogP contribution is 2.39. The number of amides is 1. The summed E-state index contributed by atoms with van der Waals surface area (Å²) in [5, 5.41) is 2.90. The van der Waals surface area contributed by atoms with Crippen LogP contribution in [0.25, 0.3) is 0 Å². The lowest BCUT2D eigenvalue weighted by atomic mass is 10.1. The Morgan fingerprint density at radius 1 is 1.29 bits per heavy atom. The molecule has 1 aromatic carbocycles. The minimum atomic E-state index is -0.173. The lowest BCUT2D eigenvalue weighted by molar-refractivity contribution is -0.114. The number of aliphatic imine (C=N–C) groups is 1. The number of carbonyl (C=O) groups is 1. The summed E-state index contributed by atoms with van der Waals surface area (Å²) in [6.07, 6.45) is 2.52. The molecule has 0 saturated carbocycles. The van der Waals surface area contributed by atoms with Crippen molar-refractivity contribution in [3.8, 4) is 0 Å². The van der Waals surface area contributed by atoms with Gasteiger partial charge in [0.05, 0.1) is 5.69 Å². The minimum Gasteiger partial charge on any atom is -0.350 e. The second kappa shape index (κ2) is 8.48. The molecule has 0 aliphatic carbocycles. The van der Waals surface area contributed by atoms with Gasteiger partial charge in [0.15, 0.2) is 5.82 Å². The molecule has 0 spiro atoms. The molecule has 1 aromatic heterocycles. The van der Waals surface area contributed by atoms with Crippen LogP contribution in [-0.2, 0) is 11.2 Å². The molecule has 0 atom stereocenters. The molecule has 0 unspecified atom stereocenters. The Morgan fingerprint density at radius 3 is 2.82 bits per heavy atom. The van der Waals surface area contributed by atoms with Gasteiger partial charge in [-0.05, 0) is 52.9 Å². The average Bonchev–Trinajstić information content (AvgIpc) is 3.05. The maximum absolute atomic E-state index is 12.4. The molecule has 1 aliphatic heterocycles. The van der Waals surface area contributed by atoms with Crippen molar-refractivity contribution in [3.63, 3.8) is 0 Å². The number of benzene rings is 1. The van der Waals surface area contributed by atoms with E-state index in [4.69, 9.17) is 0 Å². The number of aromatic nitrogens is 2. The molecule has 0 bridgehead atoms. The summed E-state index contributed by atoms with van der Waals surface area (Å²) in [6.45, 7) is 7.92. The molecule has 3 rings (SSSR count). The highest BCUT2D eigenvalue weighted by Gasteiger charge is 2.25. The van der Waals surface area contributed by atoms with E-state index in [1.807, 2.05) is 25.9 Å². The summed E-state index contributed by atoms with van der Waals surface area (Å²) in [6, 6.07) is 6.46. The van der Waals surface area contributed by atoms with Crippen LogP contribution in [0.5, 0.6) is 0 Å². The van der Waals surface area contributed by atoms with Gasteiger partial charge in [0.25, 0.3) is 5.91 Å². The van der Waals surface area contributed by atoms with Crippen LogP contribution in [0.15, 0.2) is 29.5 Å². The standard InChI is InChI=1S/C21H28N6O/c1-14-6-7-18-17(12-14)8-10-27(18)20-19(15(2)23-13-24-20)25-16(3)21(28)22-9-11-26(4)5/h6-7,12-13H,8-11H2,1-5H3,(H,22,28)/b25-16+. The summed E-state index contributed by atoms with van der Waals surface area (Å²) in [7, 11) is 3.94. The number of aryl methyl sites for hydroxylation is 2. The van der Waals surface area contributed by atoms with E-state index in [-0.39, 0.29) is 5.91 Å². The van der Waals surface area contributed by atoms with E-state index in [0.717, 1.165) is 36.7 Å². The fraction of sp³-hybridized carbons (Fsp3) is 0.429. The number of carbonyl (C=O) groups excluding carboxylic acids is 1. The predicted molar refractivity (Wildman–Crippen MR) is 113 cm³/mol. The Bertz CT molecular complexity index is 906. The van der Waals surface area contributed by atoms with Gasteiger partial charge in [-0.15, -0.1) is 0 Å². The highest BCUT2D eigenvalue weighted by molar-refractivity contribution is 6.38. The molecule has 7 heteroatoms. The summed E-state index contributed by atoms with van der Waals surface area (Å²) in [5.74, 6) is 0.573. The van der Waals surface area contributed by atoms with Gasteiger partial charge in [0, 0.05) is 25.3 Å². The SMILES string of the molecule is C/C(=N\c1c(C)ncnc1N1CCc2cc(C)ccc21)C(=O)NCCN(C)C. The third-order valence-electron chi connectivity index (χ3n) is 4.82. The van der Waals surface area contributed by atoms with Crippen molar-refractivity contribution in [1.82, 2.24) is 20.2 Å². The quantitative estimate of drug-likeness (QED) is 0.780. The number of hydrogen-bond donors (Lipinski definition) is 1. The van der Waals surface area contributed by atoms with Crippen LogP contribution in [-0.4, -0.2) is 60.2 Å². The van der Waals surface area contributed by atoms with Crippen molar-refractivity contribution in [1.29, 1.82) is 0 Å². The summed E-state index contributed by atoms with van der Waals surface area (Å²) >= 11 is 0. The number of anilines is 2. The van der Waals surface area contributed by atoms with Gasteiger partial charge in [-0.25, -0.2) is 15.0 Å². The Labute approximate surface area is 166 Å². The van der Waals surface area contributed by atoms with Crippen molar-refractivity contribution in [2.24, 2.45) is 4.99 Å². The molecule has 7 nitrogen and oxygen atoms in total. The van der Waals surface area contributed by atoms with Crippen LogP contribution >= 0.6 is 0 Å². The third kappa shape index (κ3) is 4.36. The largest absolute Gasteiger partial charge is 0.350 e. The first kappa shape index (κ1) is 19.9. The van der Waals surface area contributed by atoms with Crippen molar-refractivity contribution >= 4 is 28.8 Å². The van der Waals surface area contributed by atoms with Gasteiger partial charge in [0.2, 0.25) is 0 Å². The first-order chi connectivity index (χ1) is 13.4. The van der Waals surface area contributed by atoms with Gasteiger partial charge in [-0.3, -0.25) is 4.79 Å². The second-order valence-corrected chi connectivity index (χ2v) is 7.42. The van der Waals surface area contributed by atoms with Crippen molar-refractivity contribution in [2.75, 3.05) is 38.6 Å². The molecule has 148 valence electrons. The van der Waals surface area contributed by atoms with E-state index in [9.17, 15) is 4.79 Å². The molecule has 2 aromatic rings. The molecular formula is C21H28N6O. The van der Waals surface area contributed by atoms with Crippen molar-refractivity contribution < 1.29 is 4.79 Å². The molecule has 0 fully saturated rings. The number of likely N-dealkylation sites (N-methyl/N-ethyl adjacent to an activating group) is 1. The zero-order valence-electron chi connectivity index (χ0n) is 17.3. The van der Waals surface area contributed by atoms with Crippen LogP contribution in [0.4, 0.5) is 17.2 Å². The smallest absolute Gasteiger partial charge is 0.265 e. The fourth-order valence-corrected chi connectivity index (χ4v) is 3.27. The van der Waals surface area contributed by atoms with Gasteiger partial charge in [0.1, 0.15) is 17.7 Å². The van der Waals surface area contributed by atoms with Crippen molar-refractivity contribution in [3.05, 3.63) is 41.3 Å². The van der Waals surface area contributed by atoms with Crippen LogP contribution in [0.2, 0.25) is 0 Å². The van der Waals surface area contributed by atoms with E-state index in [0.29, 0.717) is 17.9 Å². The Hall–Kier alpha value is -2.80. The number of nitrogens with zero attached hydrogens (tertiary/aromatic N) is 5. The van der Waals surface area contributed by atoms with Gasteiger partial charge in [-0.1, -0.05) is 17.7 Å². The summed E-state index contributed by atoms with van der Waals surface area (Å²) in [4.78, 5) is 30.0. The molecule has 0 radical (unpaired) electrons. The molecule has 0 saturated heterocycles. The predicted octanol–water partition coefficient (Wildman–Crippen LogP) is 2.56. The molecule has 1 amide bonds. The first-order valence-electron chi connectivity index (χ1n) is 9.53. The number of fused-ring (bicyclic) bond motifs is 1. The van der Waals surface area contributed by atoms with E-state index in [2.05, 4.69) is 50.3 Å². The molecule has 1 aliphatic rings. The minimum absolute atomic E-state index is 0.173. The number of hydrogen-bond acceptors (Lipinski definition) is 6. The topological polar surface area (TPSA) is 73.7 Å². The zero-order valence-corrected chi connectivity index (χ0v) is 17.3. The van der Waals surface area contributed by atoms with Crippen LogP contribution in [0.1, 0.15) is 23.7 Å². The molecule has 28 heavy (non-hydrogen) atoms. The molecule has 1 N–H and O–H groups in total. The van der Waals surface area contributed by atoms with E-state index >= 15 is 0 Å². The Kier molecular flexibility index (Phi) is 6.04. The van der Waals surface area contributed by atoms with E-state index < -0.39 is 0 Å². The van der Waals surface area contributed by atoms with Crippen molar-refractivity contribution in [2.45, 2.75) is 27.2 Å². The second-order valence-electron chi connectivity index (χ2n) is 7.42. The lowest BCUT2D eigenvalue weighted by Crippen LogP contribution is -2.34. The average molecular weight is 380 g/mol. The Morgan fingerprint density at radius 2 is 2.07 bits per heavy atom. The normalized spacial score (nSPS) is 13.8. The number of rotatable bonds is 6. The maximum Gasteiger partial charge on any atom is 0.265 e. The third-order valence-corrected chi connectivity index (χ3v) is 4.82. The first-order valence-corrected chi connectivity index (χ1v) is 9.53. The van der Waals surface area contributed by atoms with Crippen LogP contribution < -0.4 is 10.2 Å². The molecule has 2 heterocycles. The lowest BCUT2D eigenvalue weighted by Gasteiger charge is -2.21. The monoisotopic (exact) mass is 380 g/mol. The highest BCUT2D eigenvalue weighted by atomic mass is 16.1. The molecular weight excluding hydrogens is 352 g/mol.